The van der Waals surface area contributed by atoms with Crippen LogP contribution in [0.4, 0.5) is 15.2 Å². The molecule has 1 unspecified atom stereocenters. The Kier molecular flexibility index (Phi) is 6.15. The van der Waals surface area contributed by atoms with Gasteiger partial charge in [0.2, 0.25) is 16.9 Å². The van der Waals surface area contributed by atoms with E-state index < -0.39 is 11.7 Å². The average molecular weight is 461 g/mol. The van der Waals surface area contributed by atoms with Crippen molar-refractivity contribution in [1.82, 2.24) is 10.2 Å². The van der Waals surface area contributed by atoms with E-state index in [1.807, 2.05) is 24.3 Å². The molecule has 2 amide bonds. The van der Waals surface area contributed by atoms with Gasteiger partial charge in [-0.05, 0) is 35.9 Å². The van der Waals surface area contributed by atoms with Gasteiger partial charge in [-0.1, -0.05) is 35.1 Å². The number of ether oxygens (including phenoxy) is 1. The van der Waals surface area contributed by atoms with Gasteiger partial charge in [-0.2, -0.15) is 0 Å². The maximum Gasteiger partial charge on any atom is 0.231 e. The summed E-state index contributed by atoms with van der Waals surface area (Å²) in [4.78, 5) is 26.4. The van der Waals surface area contributed by atoms with Crippen molar-refractivity contribution in [2.75, 3.05) is 23.9 Å². The highest BCUT2D eigenvalue weighted by Gasteiger charge is 2.35. The van der Waals surface area contributed by atoms with Crippen LogP contribution in [0.5, 0.6) is 5.75 Å². The molecule has 31 heavy (non-hydrogen) atoms. The maximum atomic E-state index is 13.4. The number of benzene rings is 2. The molecule has 10 heteroatoms. The summed E-state index contributed by atoms with van der Waals surface area (Å²) in [7, 11) is 1.61. The standard InChI is InChI=1S/C21H18ClFN4O3S/c1-30-15-5-2-12(3-6-15)8-18-25-26-21(31-18)24-20(29)13-9-19(28)27(11-13)14-4-7-17(23)16(22)10-14/h2-7,10,13H,8-9,11H2,1H3,(H,24,26,29). The molecule has 1 fully saturated rings. The summed E-state index contributed by atoms with van der Waals surface area (Å²) in [6.45, 7) is 0.185. The quantitative estimate of drug-likeness (QED) is 0.602. The van der Waals surface area contributed by atoms with Crippen LogP contribution in [0, 0.1) is 11.7 Å². The number of halogens is 2. The normalized spacial score (nSPS) is 15.9. The maximum absolute atomic E-state index is 13.4. The molecule has 160 valence electrons. The van der Waals surface area contributed by atoms with E-state index in [1.54, 1.807) is 7.11 Å². The highest BCUT2D eigenvalue weighted by atomic mass is 35.5. The van der Waals surface area contributed by atoms with Crippen LogP contribution in [0.2, 0.25) is 5.02 Å². The zero-order valence-corrected chi connectivity index (χ0v) is 18.0. The van der Waals surface area contributed by atoms with E-state index in [1.165, 1.54) is 34.4 Å². The van der Waals surface area contributed by atoms with E-state index in [2.05, 4.69) is 15.5 Å². The van der Waals surface area contributed by atoms with Gasteiger partial charge >= 0.3 is 0 Å². The van der Waals surface area contributed by atoms with Crippen molar-refractivity contribution in [2.24, 2.45) is 5.92 Å². The van der Waals surface area contributed by atoms with Gasteiger partial charge in [-0.25, -0.2) is 4.39 Å². The summed E-state index contributed by atoms with van der Waals surface area (Å²) in [5.74, 6) is -0.869. The van der Waals surface area contributed by atoms with Gasteiger partial charge < -0.3 is 15.0 Å². The second kappa shape index (κ2) is 8.99. The Bertz CT molecular complexity index is 1120. The van der Waals surface area contributed by atoms with Crippen LogP contribution in [-0.4, -0.2) is 35.7 Å². The third kappa shape index (κ3) is 4.83. The third-order valence-corrected chi connectivity index (χ3v) is 6.05. The summed E-state index contributed by atoms with van der Waals surface area (Å²) < 4.78 is 18.5. The van der Waals surface area contributed by atoms with Crippen LogP contribution >= 0.6 is 22.9 Å². The van der Waals surface area contributed by atoms with E-state index in [9.17, 15) is 14.0 Å². The van der Waals surface area contributed by atoms with Gasteiger partial charge in [0.15, 0.2) is 0 Å². The van der Waals surface area contributed by atoms with Crippen LogP contribution < -0.4 is 15.0 Å². The van der Waals surface area contributed by atoms with E-state index in [-0.39, 0.29) is 29.8 Å². The summed E-state index contributed by atoms with van der Waals surface area (Å²) in [5, 5.41) is 12.0. The Morgan fingerprint density at radius 3 is 2.77 bits per heavy atom. The van der Waals surface area contributed by atoms with Crippen molar-refractivity contribution in [3.05, 3.63) is 63.9 Å². The van der Waals surface area contributed by atoms with Crippen molar-refractivity contribution >= 4 is 45.6 Å². The molecule has 1 N–H and O–H groups in total. The number of nitrogens with zero attached hydrogens (tertiary/aromatic N) is 3. The number of carbonyl (C=O) groups is 2. The predicted octanol–water partition coefficient (Wildman–Crippen LogP) is 3.92. The lowest BCUT2D eigenvalue weighted by molar-refractivity contribution is -0.122. The first-order chi connectivity index (χ1) is 14.9. The largest absolute Gasteiger partial charge is 0.497 e. The zero-order valence-electron chi connectivity index (χ0n) is 16.5. The second-order valence-electron chi connectivity index (χ2n) is 7.02. The minimum Gasteiger partial charge on any atom is -0.497 e. The van der Waals surface area contributed by atoms with E-state index in [4.69, 9.17) is 16.3 Å². The van der Waals surface area contributed by atoms with Crippen molar-refractivity contribution in [3.63, 3.8) is 0 Å². The van der Waals surface area contributed by atoms with Crippen molar-refractivity contribution < 1.29 is 18.7 Å². The Labute approximate surface area is 186 Å². The van der Waals surface area contributed by atoms with Crippen molar-refractivity contribution in [1.29, 1.82) is 0 Å². The molecule has 7 nitrogen and oxygen atoms in total. The highest BCUT2D eigenvalue weighted by Crippen LogP contribution is 2.29. The topological polar surface area (TPSA) is 84.4 Å². The first kappa shape index (κ1) is 21.2. The lowest BCUT2D eigenvalue weighted by Crippen LogP contribution is -2.28. The average Bonchev–Trinajstić information content (AvgIpc) is 3.37. The SMILES string of the molecule is COc1ccc(Cc2nnc(NC(=O)C3CC(=O)N(c4ccc(F)c(Cl)c4)C3)s2)cc1. The first-order valence-corrected chi connectivity index (χ1v) is 10.6. The van der Waals surface area contributed by atoms with Crippen molar-refractivity contribution in [2.45, 2.75) is 12.8 Å². The molecule has 0 spiro atoms. The number of rotatable bonds is 6. The summed E-state index contributed by atoms with van der Waals surface area (Å²) in [6, 6.07) is 11.7. The van der Waals surface area contributed by atoms with Crippen LogP contribution in [0.3, 0.4) is 0 Å². The van der Waals surface area contributed by atoms with E-state index in [0.29, 0.717) is 17.2 Å². The predicted molar refractivity (Wildman–Crippen MR) is 116 cm³/mol. The lowest BCUT2D eigenvalue weighted by Gasteiger charge is -2.17. The Morgan fingerprint density at radius 2 is 2.06 bits per heavy atom. The van der Waals surface area contributed by atoms with Gasteiger partial charge in [0.1, 0.15) is 16.6 Å². The van der Waals surface area contributed by atoms with Gasteiger partial charge in [0.05, 0.1) is 18.1 Å². The smallest absolute Gasteiger partial charge is 0.231 e. The fourth-order valence-electron chi connectivity index (χ4n) is 3.29. The number of hydrogen-bond donors (Lipinski definition) is 1. The molecule has 0 radical (unpaired) electrons. The van der Waals surface area contributed by atoms with Gasteiger partial charge in [0.25, 0.3) is 0 Å². The molecule has 1 aliphatic rings. The third-order valence-electron chi connectivity index (χ3n) is 4.92. The number of carbonyl (C=O) groups excluding carboxylic acids is 2. The first-order valence-electron chi connectivity index (χ1n) is 9.44. The summed E-state index contributed by atoms with van der Waals surface area (Å²) >= 11 is 7.09. The van der Waals surface area contributed by atoms with Crippen LogP contribution in [0.15, 0.2) is 42.5 Å². The van der Waals surface area contributed by atoms with Crippen LogP contribution in [0.25, 0.3) is 0 Å². The number of amides is 2. The lowest BCUT2D eigenvalue weighted by atomic mass is 10.1. The molecule has 0 bridgehead atoms. The molecule has 1 aromatic heterocycles. The molecule has 1 aliphatic heterocycles. The summed E-state index contributed by atoms with van der Waals surface area (Å²) in [6.07, 6.45) is 0.636. The number of anilines is 2. The highest BCUT2D eigenvalue weighted by molar-refractivity contribution is 7.15. The van der Waals surface area contributed by atoms with Crippen LogP contribution in [-0.2, 0) is 16.0 Å². The van der Waals surface area contributed by atoms with Gasteiger partial charge in [0, 0.05) is 25.1 Å². The zero-order chi connectivity index (χ0) is 22.0. The summed E-state index contributed by atoms with van der Waals surface area (Å²) in [5.41, 5.74) is 1.51. The Morgan fingerprint density at radius 1 is 1.29 bits per heavy atom. The Hall–Kier alpha value is -3.04. The number of aromatic nitrogens is 2. The number of methoxy groups -OCH3 is 1. The molecule has 2 aromatic carbocycles. The molecule has 3 aromatic rings. The molecular weight excluding hydrogens is 443 g/mol. The second-order valence-corrected chi connectivity index (χ2v) is 8.49. The van der Waals surface area contributed by atoms with E-state index in [0.717, 1.165) is 16.3 Å². The van der Waals surface area contributed by atoms with Gasteiger partial charge in [-0.3, -0.25) is 9.59 Å². The molecule has 1 saturated heterocycles. The molecule has 0 aliphatic carbocycles. The Balaban J connectivity index is 1.37. The molecule has 4 rings (SSSR count). The molecule has 0 saturated carbocycles. The fraction of sp³-hybridized carbons (Fsp3) is 0.238. The molecule has 2 heterocycles. The van der Waals surface area contributed by atoms with E-state index >= 15 is 0 Å². The monoisotopic (exact) mass is 460 g/mol. The molecule has 1 atom stereocenters. The number of hydrogen-bond acceptors (Lipinski definition) is 6. The van der Waals surface area contributed by atoms with Crippen LogP contribution in [0.1, 0.15) is 17.0 Å². The minimum atomic E-state index is -0.562. The number of nitrogens with one attached hydrogen (secondary N) is 1. The van der Waals surface area contributed by atoms with Crippen molar-refractivity contribution in [3.8, 4) is 5.75 Å². The minimum absolute atomic E-state index is 0.0539. The fourth-order valence-corrected chi connectivity index (χ4v) is 4.24. The van der Waals surface area contributed by atoms with Gasteiger partial charge in [-0.15, -0.1) is 10.2 Å². The molecular formula is C21H18ClFN4O3S.